The lowest BCUT2D eigenvalue weighted by atomic mass is 9.90. The lowest BCUT2D eigenvalue weighted by molar-refractivity contribution is -0.118. The zero-order valence-electron chi connectivity index (χ0n) is 17.5. The molecule has 7 heteroatoms. The van der Waals surface area contributed by atoms with Crippen LogP contribution in [0.1, 0.15) is 29.8 Å². The van der Waals surface area contributed by atoms with E-state index in [1.54, 1.807) is 11.3 Å². The van der Waals surface area contributed by atoms with Crippen molar-refractivity contribution < 1.29 is 14.3 Å². The molecule has 1 aliphatic carbocycles. The molecule has 2 aromatic carbocycles. The zero-order valence-corrected chi connectivity index (χ0v) is 18.3. The van der Waals surface area contributed by atoms with Crippen LogP contribution in [-0.4, -0.2) is 35.7 Å². The van der Waals surface area contributed by atoms with Gasteiger partial charge in [-0.15, -0.1) is 11.3 Å². The monoisotopic (exact) mass is 435 g/mol. The van der Waals surface area contributed by atoms with E-state index in [9.17, 15) is 4.79 Å². The van der Waals surface area contributed by atoms with Crippen molar-refractivity contribution in [1.82, 2.24) is 9.88 Å². The van der Waals surface area contributed by atoms with Gasteiger partial charge in [-0.2, -0.15) is 0 Å². The summed E-state index contributed by atoms with van der Waals surface area (Å²) in [5, 5.41) is 4.19. The van der Waals surface area contributed by atoms with E-state index in [2.05, 4.69) is 27.3 Å². The molecule has 1 N–H and O–H groups in total. The Bertz CT molecular complexity index is 1170. The Morgan fingerprint density at radius 3 is 2.90 bits per heavy atom. The Kier molecular flexibility index (Phi) is 4.43. The summed E-state index contributed by atoms with van der Waals surface area (Å²) >= 11 is 1.68. The van der Waals surface area contributed by atoms with E-state index < -0.39 is 0 Å². The van der Waals surface area contributed by atoms with Crippen LogP contribution in [0.3, 0.4) is 0 Å². The number of nitrogens with zero attached hydrogens (tertiary/aromatic N) is 2. The standard InChI is InChI=1S/C24H25N3O3S/c1-15-25-19-11-17(3-5-22(19)31-15)26-23(28)18-12-24(18)6-8-27(9-7-24)13-16-2-4-20-21(10-16)30-14-29-20/h2-5,10-11,18H,6-9,12-14H2,1H3,(H,26,28). The Hall–Kier alpha value is -2.64. The summed E-state index contributed by atoms with van der Waals surface area (Å²) in [7, 11) is 0. The van der Waals surface area contributed by atoms with Crippen molar-refractivity contribution >= 4 is 33.1 Å². The molecule has 0 radical (unpaired) electrons. The second-order valence-electron chi connectivity index (χ2n) is 8.99. The van der Waals surface area contributed by atoms with E-state index >= 15 is 0 Å². The number of piperidine rings is 1. The molecule has 6 nitrogen and oxygen atoms in total. The molecule has 160 valence electrons. The highest BCUT2D eigenvalue weighted by Crippen LogP contribution is 2.59. The topological polar surface area (TPSA) is 63.7 Å². The lowest BCUT2D eigenvalue weighted by Gasteiger charge is -2.32. The first kappa shape index (κ1) is 19.1. The summed E-state index contributed by atoms with van der Waals surface area (Å²) in [6, 6.07) is 12.2. The molecule has 1 saturated heterocycles. The molecule has 1 amide bonds. The van der Waals surface area contributed by atoms with Gasteiger partial charge in [0.2, 0.25) is 12.7 Å². The van der Waals surface area contributed by atoms with Gasteiger partial charge in [-0.05, 0) is 80.6 Å². The smallest absolute Gasteiger partial charge is 0.231 e. The van der Waals surface area contributed by atoms with Crippen LogP contribution in [0.15, 0.2) is 36.4 Å². The minimum atomic E-state index is 0.132. The van der Waals surface area contributed by atoms with Gasteiger partial charge in [0.15, 0.2) is 11.5 Å². The highest BCUT2D eigenvalue weighted by atomic mass is 32.1. The highest BCUT2D eigenvalue weighted by Gasteiger charge is 2.58. The maximum absolute atomic E-state index is 12.9. The first-order valence-corrected chi connectivity index (χ1v) is 11.7. The molecule has 2 aliphatic heterocycles. The molecule has 1 unspecified atom stereocenters. The SMILES string of the molecule is Cc1nc2cc(NC(=O)C3CC34CCN(Cc3ccc5c(c3)OCO5)CC4)ccc2s1. The van der Waals surface area contributed by atoms with Gasteiger partial charge in [0.25, 0.3) is 0 Å². The van der Waals surface area contributed by atoms with Crippen LogP contribution >= 0.6 is 11.3 Å². The van der Waals surface area contributed by atoms with Crippen molar-refractivity contribution in [2.75, 3.05) is 25.2 Å². The zero-order chi connectivity index (χ0) is 21.0. The number of hydrogen-bond acceptors (Lipinski definition) is 6. The maximum atomic E-state index is 12.9. The number of fused-ring (bicyclic) bond motifs is 2. The largest absolute Gasteiger partial charge is 0.454 e. The summed E-state index contributed by atoms with van der Waals surface area (Å²) in [5.41, 5.74) is 3.25. The number of rotatable bonds is 4. The highest BCUT2D eigenvalue weighted by molar-refractivity contribution is 7.18. The van der Waals surface area contributed by atoms with Crippen LogP contribution in [0.2, 0.25) is 0 Å². The predicted octanol–water partition coefficient (Wildman–Crippen LogP) is 4.57. The number of carbonyl (C=O) groups is 1. The van der Waals surface area contributed by atoms with E-state index in [4.69, 9.17) is 9.47 Å². The van der Waals surface area contributed by atoms with Crippen molar-refractivity contribution in [2.24, 2.45) is 11.3 Å². The van der Waals surface area contributed by atoms with Gasteiger partial charge in [-0.3, -0.25) is 9.69 Å². The van der Waals surface area contributed by atoms with Gasteiger partial charge >= 0.3 is 0 Å². The number of ether oxygens (including phenoxy) is 2. The molecule has 1 aromatic heterocycles. The lowest BCUT2D eigenvalue weighted by Crippen LogP contribution is -2.35. The molecular formula is C24H25N3O3S. The number of aromatic nitrogens is 1. The number of amides is 1. The van der Waals surface area contributed by atoms with Gasteiger partial charge in [0, 0.05) is 18.2 Å². The molecule has 2 fully saturated rings. The normalized spacial score (nSPS) is 21.5. The Labute approximate surface area is 185 Å². The number of benzene rings is 2. The second kappa shape index (κ2) is 7.21. The van der Waals surface area contributed by atoms with Gasteiger partial charge in [0.05, 0.1) is 15.2 Å². The molecule has 31 heavy (non-hydrogen) atoms. The summed E-state index contributed by atoms with van der Waals surface area (Å²) < 4.78 is 12.1. The van der Waals surface area contributed by atoms with Crippen LogP contribution in [-0.2, 0) is 11.3 Å². The van der Waals surface area contributed by atoms with Crippen LogP contribution in [0.25, 0.3) is 10.2 Å². The van der Waals surface area contributed by atoms with Crippen LogP contribution in [0, 0.1) is 18.3 Å². The molecular weight excluding hydrogens is 410 g/mol. The molecule has 0 bridgehead atoms. The van der Waals surface area contributed by atoms with Crippen LogP contribution in [0.4, 0.5) is 5.69 Å². The Balaban J connectivity index is 1.05. The number of aryl methyl sites for hydroxylation is 1. The fourth-order valence-electron chi connectivity index (χ4n) is 5.07. The van der Waals surface area contributed by atoms with Gasteiger partial charge in [-0.25, -0.2) is 4.98 Å². The van der Waals surface area contributed by atoms with Gasteiger partial charge in [-0.1, -0.05) is 6.07 Å². The summed E-state index contributed by atoms with van der Waals surface area (Å²) in [5.74, 6) is 1.97. The molecule has 3 aromatic rings. The quantitative estimate of drug-likeness (QED) is 0.650. The number of likely N-dealkylation sites (tertiary alicyclic amines) is 1. The predicted molar refractivity (Wildman–Crippen MR) is 121 cm³/mol. The summed E-state index contributed by atoms with van der Waals surface area (Å²) in [6.45, 7) is 5.29. The van der Waals surface area contributed by atoms with Crippen LogP contribution < -0.4 is 14.8 Å². The van der Waals surface area contributed by atoms with Crippen molar-refractivity contribution in [3.05, 3.63) is 47.0 Å². The molecule has 3 aliphatic rings. The molecule has 1 spiro atoms. The first-order chi connectivity index (χ1) is 15.1. The number of hydrogen-bond donors (Lipinski definition) is 1. The average Bonchev–Trinajstić information content (AvgIpc) is 3.07. The number of thiazole rings is 1. The number of nitrogens with one attached hydrogen (secondary N) is 1. The molecule has 1 atom stereocenters. The Morgan fingerprint density at radius 2 is 2.03 bits per heavy atom. The number of anilines is 1. The van der Waals surface area contributed by atoms with E-state index in [0.717, 1.165) is 71.3 Å². The minimum Gasteiger partial charge on any atom is -0.454 e. The fraction of sp³-hybridized carbons (Fsp3) is 0.417. The average molecular weight is 436 g/mol. The number of carbonyl (C=O) groups excluding carboxylic acids is 1. The first-order valence-electron chi connectivity index (χ1n) is 10.9. The van der Waals surface area contributed by atoms with Crippen molar-refractivity contribution in [3.8, 4) is 11.5 Å². The van der Waals surface area contributed by atoms with E-state index in [0.29, 0.717) is 6.79 Å². The summed E-state index contributed by atoms with van der Waals surface area (Å²) in [4.78, 5) is 19.9. The minimum absolute atomic E-state index is 0.132. The van der Waals surface area contributed by atoms with E-state index in [-0.39, 0.29) is 17.2 Å². The Morgan fingerprint density at radius 1 is 1.19 bits per heavy atom. The van der Waals surface area contributed by atoms with Crippen molar-refractivity contribution in [1.29, 1.82) is 0 Å². The third-order valence-electron chi connectivity index (χ3n) is 6.96. The van der Waals surface area contributed by atoms with Crippen LogP contribution in [0.5, 0.6) is 11.5 Å². The maximum Gasteiger partial charge on any atom is 0.231 e. The molecule has 1 saturated carbocycles. The summed E-state index contributed by atoms with van der Waals surface area (Å²) in [6.07, 6.45) is 3.18. The third kappa shape index (κ3) is 3.55. The molecule has 6 rings (SSSR count). The van der Waals surface area contributed by atoms with Gasteiger partial charge in [0.1, 0.15) is 0 Å². The van der Waals surface area contributed by atoms with Crippen molar-refractivity contribution in [3.63, 3.8) is 0 Å². The fourth-order valence-corrected chi connectivity index (χ4v) is 5.88. The van der Waals surface area contributed by atoms with E-state index in [1.165, 1.54) is 5.56 Å². The van der Waals surface area contributed by atoms with E-state index in [1.807, 2.05) is 31.2 Å². The molecule has 3 heterocycles. The van der Waals surface area contributed by atoms with Crippen molar-refractivity contribution in [2.45, 2.75) is 32.7 Å². The third-order valence-corrected chi connectivity index (χ3v) is 7.92. The second-order valence-corrected chi connectivity index (χ2v) is 10.2. The van der Waals surface area contributed by atoms with Gasteiger partial charge < -0.3 is 14.8 Å².